The Hall–Kier alpha value is -1.86. The standard InChI is InChI=1S/C40H46S5/c1-3-5-7-9-11-13-16-32-19-21-34(42-32)22-23-35-25-26-37(44-35)38-28-30-40(45-38,39-18-15-31-41-39)29-27-36-24-20-33(43-36)17-14-12-10-8-6-4-2/h15,18-21,24-26,28,30-31,35H,3-14,16-17H2,1-2H3. The maximum absolute atomic E-state index is 3.71. The van der Waals surface area contributed by atoms with Crippen LogP contribution in [0.15, 0.2) is 75.9 Å². The van der Waals surface area contributed by atoms with Crippen molar-refractivity contribution in [1.29, 1.82) is 0 Å². The summed E-state index contributed by atoms with van der Waals surface area (Å²) < 4.78 is -0.332. The van der Waals surface area contributed by atoms with Gasteiger partial charge in [0.25, 0.3) is 0 Å². The van der Waals surface area contributed by atoms with E-state index in [1.165, 1.54) is 124 Å². The van der Waals surface area contributed by atoms with Gasteiger partial charge >= 0.3 is 0 Å². The van der Waals surface area contributed by atoms with E-state index in [4.69, 9.17) is 0 Å². The second kappa shape index (κ2) is 18.5. The van der Waals surface area contributed by atoms with E-state index in [2.05, 4.69) is 104 Å². The van der Waals surface area contributed by atoms with Crippen molar-refractivity contribution in [2.24, 2.45) is 0 Å². The zero-order valence-electron chi connectivity index (χ0n) is 26.9. The van der Waals surface area contributed by atoms with Gasteiger partial charge in [0.05, 0.1) is 15.0 Å². The van der Waals surface area contributed by atoms with Crippen LogP contribution in [0.2, 0.25) is 0 Å². The molecule has 0 radical (unpaired) electrons. The summed E-state index contributed by atoms with van der Waals surface area (Å²) in [4.78, 5) is 9.22. The SMILES string of the molecule is CCCCCCCCc1ccc(C#CC2C=CC(=C3C=CC(C#Cc4ccc(CCCCCCCC)s4)(c4cccs4)S3)S2)s1. The zero-order valence-corrected chi connectivity index (χ0v) is 31.0. The Kier molecular flexibility index (Phi) is 14.2. The fourth-order valence-electron chi connectivity index (χ4n) is 5.54. The van der Waals surface area contributed by atoms with Gasteiger partial charge in [-0.25, -0.2) is 0 Å². The quantitative estimate of drug-likeness (QED) is 0.115. The van der Waals surface area contributed by atoms with Crippen molar-refractivity contribution < 1.29 is 0 Å². The Bertz CT molecular complexity index is 1550. The van der Waals surface area contributed by atoms with Gasteiger partial charge in [-0.1, -0.05) is 126 Å². The van der Waals surface area contributed by atoms with Crippen LogP contribution in [0.5, 0.6) is 0 Å². The summed E-state index contributed by atoms with van der Waals surface area (Å²) in [7, 11) is 0. The minimum absolute atomic E-state index is 0.199. The maximum Gasteiger partial charge on any atom is 0.134 e. The highest BCUT2D eigenvalue weighted by Gasteiger charge is 2.36. The first kappa shape index (κ1) is 34.5. The number of aryl methyl sites for hydroxylation is 2. The third-order valence-corrected chi connectivity index (χ3v) is 14.0. The van der Waals surface area contributed by atoms with Crippen molar-refractivity contribution in [2.75, 3.05) is 0 Å². The van der Waals surface area contributed by atoms with Crippen LogP contribution in [0.4, 0.5) is 0 Å². The highest BCUT2D eigenvalue weighted by molar-refractivity contribution is 8.08. The molecule has 0 saturated carbocycles. The van der Waals surface area contributed by atoms with E-state index >= 15 is 0 Å². The fourth-order valence-corrected chi connectivity index (χ4v) is 10.6. The molecule has 0 fully saturated rings. The number of rotatable bonds is 15. The Morgan fingerprint density at radius 1 is 0.689 bits per heavy atom. The summed E-state index contributed by atoms with van der Waals surface area (Å²) in [5.41, 5.74) is 0. The third-order valence-electron chi connectivity index (χ3n) is 8.13. The van der Waals surface area contributed by atoms with Gasteiger partial charge in [-0.05, 0) is 79.6 Å². The first-order chi connectivity index (χ1) is 22.2. The Balaban J connectivity index is 1.16. The van der Waals surface area contributed by atoms with E-state index in [0.717, 1.165) is 0 Å². The van der Waals surface area contributed by atoms with Crippen molar-refractivity contribution in [3.05, 3.63) is 100 Å². The Morgan fingerprint density at radius 2 is 1.33 bits per heavy atom. The van der Waals surface area contributed by atoms with E-state index in [0.29, 0.717) is 0 Å². The molecule has 5 rings (SSSR count). The van der Waals surface area contributed by atoms with E-state index in [1.807, 2.05) is 46.2 Å². The van der Waals surface area contributed by atoms with Gasteiger partial charge in [-0.2, -0.15) is 0 Å². The van der Waals surface area contributed by atoms with E-state index < -0.39 is 0 Å². The maximum atomic E-state index is 3.71. The monoisotopic (exact) mass is 686 g/mol. The lowest BCUT2D eigenvalue weighted by Crippen LogP contribution is -2.11. The molecule has 0 aromatic carbocycles. The highest BCUT2D eigenvalue weighted by Crippen LogP contribution is 2.52. The van der Waals surface area contributed by atoms with Gasteiger partial charge in [0.2, 0.25) is 0 Å². The first-order valence-corrected chi connectivity index (χ1v) is 21.1. The van der Waals surface area contributed by atoms with Gasteiger partial charge in [-0.3, -0.25) is 0 Å². The fraction of sp³-hybridized carbons (Fsp3) is 0.450. The summed E-state index contributed by atoms with van der Waals surface area (Å²) >= 11 is 9.31. The molecule has 236 valence electrons. The van der Waals surface area contributed by atoms with Gasteiger partial charge in [0.1, 0.15) is 4.75 Å². The molecule has 5 heteroatoms. The topological polar surface area (TPSA) is 0 Å². The van der Waals surface area contributed by atoms with Gasteiger partial charge < -0.3 is 0 Å². The molecule has 3 aromatic heterocycles. The minimum atomic E-state index is -0.332. The van der Waals surface area contributed by atoms with Crippen molar-refractivity contribution in [3.8, 4) is 23.7 Å². The molecule has 0 spiro atoms. The van der Waals surface area contributed by atoms with Crippen molar-refractivity contribution in [3.63, 3.8) is 0 Å². The van der Waals surface area contributed by atoms with Crippen LogP contribution in [-0.2, 0) is 17.6 Å². The predicted octanol–water partition coefficient (Wildman–Crippen LogP) is 13.2. The number of hydrogen-bond donors (Lipinski definition) is 0. The molecular formula is C40H46S5. The molecule has 3 aromatic rings. The van der Waals surface area contributed by atoms with Crippen molar-refractivity contribution >= 4 is 57.5 Å². The Morgan fingerprint density at radius 3 is 1.98 bits per heavy atom. The van der Waals surface area contributed by atoms with Gasteiger partial charge in [-0.15, -0.1) is 45.8 Å². The number of allylic oxidation sites excluding steroid dienone is 2. The van der Waals surface area contributed by atoms with E-state index in [1.54, 1.807) is 11.3 Å². The average Bonchev–Trinajstić information content (AvgIpc) is 3.89. The molecule has 0 nitrogen and oxygen atoms in total. The van der Waals surface area contributed by atoms with Crippen molar-refractivity contribution in [1.82, 2.24) is 0 Å². The van der Waals surface area contributed by atoms with Crippen LogP contribution in [0.1, 0.15) is 115 Å². The zero-order chi connectivity index (χ0) is 31.2. The summed E-state index contributed by atoms with van der Waals surface area (Å²) in [5.74, 6) is 14.3. The van der Waals surface area contributed by atoms with Crippen LogP contribution in [0.3, 0.4) is 0 Å². The molecule has 0 amide bonds. The second-order valence-electron chi connectivity index (χ2n) is 11.9. The number of unbranched alkanes of at least 4 members (excludes halogenated alkanes) is 10. The molecule has 0 bridgehead atoms. The van der Waals surface area contributed by atoms with Gasteiger partial charge in [0, 0.05) is 24.4 Å². The smallest absolute Gasteiger partial charge is 0.134 e. The first-order valence-electron chi connectivity index (χ1n) is 16.9. The Labute approximate surface area is 293 Å². The van der Waals surface area contributed by atoms with Crippen LogP contribution in [-0.4, -0.2) is 5.25 Å². The molecule has 0 saturated heterocycles. The predicted molar refractivity (Wildman–Crippen MR) is 207 cm³/mol. The van der Waals surface area contributed by atoms with Crippen molar-refractivity contribution in [2.45, 2.75) is 114 Å². The van der Waals surface area contributed by atoms with Gasteiger partial charge in [0.15, 0.2) is 0 Å². The number of thiophene rings is 3. The lowest BCUT2D eigenvalue weighted by Gasteiger charge is -2.18. The highest BCUT2D eigenvalue weighted by atomic mass is 32.2. The van der Waals surface area contributed by atoms with Crippen LogP contribution < -0.4 is 0 Å². The van der Waals surface area contributed by atoms with Crippen LogP contribution in [0.25, 0.3) is 0 Å². The lowest BCUT2D eigenvalue weighted by atomic mass is 10.1. The molecule has 0 N–H and O–H groups in total. The van der Waals surface area contributed by atoms with E-state index in [9.17, 15) is 0 Å². The largest absolute Gasteiger partial charge is 0.146 e. The molecule has 5 heterocycles. The number of thioether (sulfide) groups is 2. The molecule has 2 aliphatic rings. The molecule has 45 heavy (non-hydrogen) atoms. The summed E-state index contributed by atoms with van der Waals surface area (Å²) in [6, 6.07) is 13.4. The molecule has 2 atom stereocenters. The molecule has 0 aliphatic carbocycles. The van der Waals surface area contributed by atoms with E-state index in [-0.39, 0.29) is 10.00 Å². The molecule has 2 aliphatic heterocycles. The average molecular weight is 687 g/mol. The summed E-state index contributed by atoms with van der Waals surface area (Å²) in [5, 5.41) is 2.37. The second-order valence-corrected chi connectivity index (χ2v) is 17.6. The van der Waals surface area contributed by atoms with Crippen LogP contribution >= 0.6 is 57.5 Å². The number of hydrogen-bond acceptors (Lipinski definition) is 5. The van der Waals surface area contributed by atoms with Crippen LogP contribution in [0, 0.1) is 23.7 Å². The minimum Gasteiger partial charge on any atom is -0.146 e. The third kappa shape index (κ3) is 10.6. The summed E-state index contributed by atoms with van der Waals surface area (Å²) in [6.45, 7) is 4.56. The summed E-state index contributed by atoms with van der Waals surface area (Å²) in [6.07, 6.45) is 27.6. The molecule has 2 unspecified atom stereocenters. The normalized spacial score (nSPS) is 20.4. The molecular weight excluding hydrogens is 641 g/mol. The lowest BCUT2D eigenvalue weighted by molar-refractivity contribution is 0.609.